The van der Waals surface area contributed by atoms with Gasteiger partial charge in [0.15, 0.2) is 0 Å². The van der Waals surface area contributed by atoms with Crippen molar-refractivity contribution in [2.24, 2.45) is 0 Å². The normalized spacial score (nSPS) is 15.1. The van der Waals surface area contributed by atoms with Gasteiger partial charge in [0.25, 0.3) is 0 Å². The van der Waals surface area contributed by atoms with E-state index in [2.05, 4.69) is 122 Å². The number of esters is 2. The minimum Gasteiger partial charge on any atom is -0.490 e. The van der Waals surface area contributed by atoms with E-state index in [1.165, 1.54) is 22.3 Å². The Balaban J connectivity index is 1.25. The van der Waals surface area contributed by atoms with Gasteiger partial charge in [0.05, 0.1) is 15.9 Å². The van der Waals surface area contributed by atoms with Crippen LogP contribution in [0.15, 0.2) is 121 Å². The molecule has 0 saturated carbocycles. The lowest BCUT2D eigenvalue weighted by atomic mass is 9.67. The number of rotatable bonds is 12. The predicted molar refractivity (Wildman–Crippen MR) is 218 cm³/mol. The molecule has 0 spiro atoms. The summed E-state index contributed by atoms with van der Waals surface area (Å²) in [4.78, 5) is 23.9. The minimum atomic E-state index is -0.577. The van der Waals surface area contributed by atoms with Crippen LogP contribution < -0.4 is 9.47 Å². The second-order valence-electron chi connectivity index (χ2n) is 13.8. The highest BCUT2D eigenvalue weighted by molar-refractivity contribution is 7.82. The first-order valence-electron chi connectivity index (χ1n) is 17.8. The lowest BCUT2D eigenvalue weighted by molar-refractivity contribution is -0.149. The number of hydrogen-bond donors (Lipinski definition) is 2. The first kappa shape index (κ1) is 36.4. The van der Waals surface area contributed by atoms with Crippen LogP contribution in [0.25, 0.3) is 32.7 Å². The van der Waals surface area contributed by atoms with E-state index in [1.807, 2.05) is 38.1 Å². The van der Waals surface area contributed by atoms with E-state index in [4.69, 9.17) is 18.9 Å². The maximum absolute atomic E-state index is 12.0. The number of carbonyl (C=O) groups is 2. The third-order valence-electron chi connectivity index (χ3n) is 9.73. The largest absolute Gasteiger partial charge is 0.490 e. The zero-order valence-corrected chi connectivity index (χ0v) is 31.9. The zero-order valence-electron chi connectivity index (χ0n) is 30.1. The summed E-state index contributed by atoms with van der Waals surface area (Å²) in [6.07, 6.45) is -0.804. The molecule has 0 amide bonds. The second kappa shape index (κ2) is 15.2. The van der Waals surface area contributed by atoms with Gasteiger partial charge in [-0.05, 0) is 119 Å². The maximum atomic E-state index is 12.0. The molecule has 0 heterocycles. The van der Waals surface area contributed by atoms with Gasteiger partial charge in [-0.1, -0.05) is 84.9 Å². The maximum Gasteiger partial charge on any atom is 0.318 e. The fraction of sp³-hybridized carbons (Fsp3) is 0.244. The zero-order chi connectivity index (χ0) is 37.3. The van der Waals surface area contributed by atoms with Crippen molar-refractivity contribution in [2.75, 3.05) is 13.2 Å². The number of fused-ring (bicyclic) bond motifs is 5. The Morgan fingerprint density at radius 3 is 1.32 bits per heavy atom. The fourth-order valence-electron chi connectivity index (χ4n) is 7.21. The van der Waals surface area contributed by atoms with E-state index in [-0.39, 0.29) is 25.2 Å². The van der Waals surface area contributed by atoms with Gasteiger partial charge in [-0.2, -0.15) is 25.3 Å². The van der Waals surface area contributed by atoms with Crippen LogP contribution in [0, 0.1) is 0 Å². The number of carbonyl (C=O) groups excluding carboxylic acids is 2. The van der Waals surface area contributed by atoms with Gasteiger partial charge in [0.2, 0.25) is 0 Å². The summed E-state index contributed by atoms with van der Waals surface area (Å²) in [5.41, 5.74) is 6.66. The van der Waals surface area contributed by atoms with E-state index in [1.54, 1.807) is 13.8 Å². The number of thiol groups is 2. The highest BCUT2D eigenvalue weighted by Crippen LogP contribution is 2.56. The highest BCUT2D eigenvalue weighted by Gasteiger charge is 2.46. The molecule has 0 N–H and O–H groups in total. The van der Waals surface area contributed by atoms with E-state index >= 15 is 0 Å². The molecule has 270 valence electrons. The van der Waals surface area contributed by atoms with Crippen LogP contribution in [0.3, 0.4) is 0 Å². The summed E-state index contributed by atoms with van der Waals surface area (Å²) in [5, 5.41) is 3.29. The summed E-state index contributed by atoms with van der Waals surface area (Å²) < 4.78 is 22.9. The molecule has 4 unspecified atom stereocenters. The Bertz CT molecular complexity index is 2150. The van der Waals surface area contributed by atoms with Crippen LogP contribution in [0.4, 0.5) is 0 Å². The minimum absolute atomic E-state index is 0.242. The van der Waals surface area contributed by atoms with Crippen LogP contribution in [-0.2, 0) is 24.5 Å². The molecule has 7 rings (SSSR count). The molecule has 0 saturated heterocycles. The number of ether oxygens (including phenoxy) is 4. The molecule has 0 aliphatic heterocycles. The summed E-state index contributed by atoms with van der Waals surface area (Å²) in [7, 11) is 0. The molecular weight excluding hydrogens is 701 g/mol. The Kier molecular flexibility index (Phi) is 10.5. The molecule has 0 bridgehead atoms. The van der Waals surface area contributed by atoms with E-state index < -0.39 is 28.1 Å². The van der Waals surface area contributed by atoms with Gasteiger partial charge in [0.1, 0.15) is 36.9 Å². The Morgan fingerprint density at radius 2 is 0.906 bits per heavy atom. The van der Waals surface area contributed by atoms with Crippen LogP contribution >= 0.6 is 25.3 Å². The van der Waals surface area contributed by atoms with Crippen LogP contribution in [0.5, 0.6) is 11.5 Å². The van der Waals surface area contributed by atoms with Crippen LogP contribution in [0.2, 0.25) is 0 Å². The predicted octanol–water partition coefficient (Wildman–Crippen LogP) is 9.61. The van der Waals surface area contributed by atoms with Crippen molar-refractivity contribution >= 4 is 58.7 Å². The molecule has 1 aliphatic carbocycles. The smallest absolute Gasteiger partial charge is 0.318 e. The number of benzene rings is 6. The lowest BCUT2D eigenvalue weighted by Crippen LogP contribution is -2.28. The molecule has 0 aromatic heterocycles. The fourth-order valence-corrected chi connectivity index (χ4v) is 7.33. The second-order valence-corrected chi connectivity index (χ2v) is 15.3. The summed E-state index contributed by atoms with van der Waals surface area (Å²) in [6.45, 7) is 7.48. The van der Waals surface area contributed by atoms with Crippen molar-refractivity contribution in [2.45, 2.75) is 55.8 Å². The highest BCUT2D eigenvalue weighted by atomic mass is 32.1. The van der Waals surface area contributed by atoms with Gasteiger partial charge in [-0.15, -0.1) is 0 Å². The van der Waals surface area contributed by atoms with E-state index in [9.17, 15) is 9.59 Å². The monoisotopic (exact) mass is 742 g/mol. The summed E-state index contributed by atoms with van der Waals surface area (Å²) >= 11 is 8.32. The van der Waals surface area contributed by atoms with E-state index in [0.29, 0.717) is 11.5 Å². The van der Waals surface area contributed by atoms with Gasteiger partial charge in [-0.25, -0.2) is 0 Å². The Hall–Kier alpha value is -4.92. The average Bonchev–Trinajstić information content (AvgIpc) is 3.46. The van der Waals surface area contributed by atoms with E-state index in [0.717, 1.165) is 32.7 Å². The standard InChI is InChI=1S/C45H42O6S2/c1-27(50-43(46)29(3)52)25-48-37-19-15-31-21-35(17-13-33(31)23-37)45(41-11-7-5-9-39(41)40-10-6-8-12-42(40)45)36-18-14-34-24-38(20-16-32(34)22-36)49-26-28(2)51-44(47)30(4)53/h5-24,27-30,52-53H,25-26H2,1-4H3. The molecule has 6 aromatic rings. The first-order chi connectivity index (χ1) is 25.5. The van der Waals surface area contributed by atoms with Crippen molar-refractivity contribution in [3.63, 3.8) is 0 Å². The summed E-state index contributed by atoms with van der Waals surface area (Å²) in [5.74, 6) is 0.684. The van der Waals surface area contributed by atoms with Crippen molar-refractivity contribution in [1.29, 1.82) is 0 Å². The molecule has 6 aromatic carbocycles. The van der Waals surface area contributed by atoms with Gasteiger partial charge in [0, 0.05) is 0 Å². The third kappa shape index (κ3) is 7.22. The van der Waals surface area contributed by atoms with Gasteiger partial charge < -0.3 is 18.9 Å². The topological polar surface area (TPSA) is 71.1 Å². The van der Waals surface area contributed by atoms with Crippen molar-refractivity contribution in [1.82, 2.24) is 0 Å². The molecule has 0 radical (unpaired) electrons. The molecule has 4 atom stereocenters. The Labute approximate surface area is 321 Å². The van der Waals surface area contributed by atoms with Crippen molar-refractivity contribution in [3.8, 4) is 22.6 Å². The van der Waals surface area contributed by atoms with Gasteiger partial charge in [-0.3, -0.25) is 9.59 Å². The van der Waals surface area contributed by atoms with Crippen LogP contribution in [0.1, 0.15) is 49.9 Å². The van der Waals surface area contributed by atoms with Crippen LogP contribution in [-0.4, -0.2) is 47.9 Å². The lowest BCUT2D eigenvalue weighted by Gasteiger charge is -2.34. The molecule has 1 aliphatic rings. The van der Waals surface area contributed by atoms with Gasteiger partial charge >= 0.3 is 11.9 Å². The number of hydrogen-bond acceptors (Lipinski definition) is 8. The summed E-state index contributed by atoms with van der Waals surface area (Å²) in [6, 6.07) is 42.9. The quantitative estimate of drug-likeness (QED) is 0.0961. The SMILES string of the molecule is CC(COc1ccc2cc(C3(c4ccc5cc(OCC(C)OC(=O)C(C)S)ccc5c4)c4ccccc4-c4ccccc43)ccc2c1)OC(=O)C(C)S. The molecule has 0 fully saturated rings. The molecule has 8 heteroatoms. The molecular formula is C45H42O6S2. The molecule has 6 nitrogen and oxygen atoms in total. The molecule has 53 heavy (non-hydrogen) atoms. The Morgan fingerprint density at radius 1 is 0.528 bits per heavy atom. The van der Waals surface area contributed by atoms with Crippen molar-refractivity contribution < 1.29 is 28.5 Å². The first-order valence-corrected chi connectivity index (χ1v) is 18.9. The van der Waals surface area contributed by atoms with Crippen molar-refractivity contribution in [3.05, 3.63) is 144 Å². The third-order valence-corrected chi connectivity index (χ3v) is 10.1. The average molecular weight is 743 g/mol.